The lowest BCUT2D eigenvalue weighted by atomic mass is 9.86. The highest BCUT2D eigenvalue weighted by molar-refractivity contribution is 7.90. The maximum absolute atomic E-state index is 14.3. The monoisotopic (exact) mass is 581 g/mol. The lowest BCUT2D eigenvalue weighted by molar-refractivity contribution is -0.127. The van der Waals surface area contributed by atoms with Crippen LogP contribution in [0, 0.1) is 17.6 Å². The SMILES string of the molecule is CC(C)CC1(C)OC(c2ccnc(N)n2)=C(c2cc(Cl)cc(CS(=O)(=O)c3c(F)cccc3F)c2Cl)C1=O. The molecule has 1 aromatic heterocycles. The van der Waals surface area contributed by atoms with E-state index in [0.29, 0.717) is 6.42 Å². The molecule has 0 amide bonds. The number of hydrogen-bond donors (Lipinski definition) is 1. The van der Waals surface area contributed by atoms with Crippen LogP contribution in [0.15, 0.2) is 47.5 Å². The van der Waals surface area contributed by atoms with Crippen molar-refractivity contribution in [2.45, 2.75) is 43.4 Å². The number of rotatable bonds is 7. The first-order valence-corrected chi connectivity index (χ1v) is 13.9. The number of anilines is 1. The Labute approximate surface area is 228 Å². The Morgan fingerprint density at radius 1 is 1.13 bits per heavy atom. The van der Waals surface area contributed by atoms with Gasteiger partial charge in [-0.05, 0) is 55.2 Å². The van der Waals surface area contributed by atoms with Crippen LogP contribution >= 0.6 is 23.2 Å². The minimum absolute atomic E-state index is 0.0227. The fourth-order valence-corrected chi connectivity index (χ4v) is 6.62. The number of ketones is 1. The summed E-state index contributed by atoms with van der Waals surface area (Å²) in [5.41, 5.74) is 4.74. The smallest absolute Gasteiger partial charge is 0.220 e. The van der Waals surface area contributed by atoms with Gasteiger partial charge >= 0.3 is 0 Å². The van der Waals surface area contributed by atoms with Crippen molar-refractivity contribution in [1.82, 2.24) is 9.97 Å². The standard InChI is InChI=1S/C26H23Cl2F2N3O4S/c1-13(2)11-26(3)24(34)20(22(37-26)19-7-8-32-25(31)33-19)16-10-15(27)9-14(21(16)28)12-38(35,36)23-17(29)5-4-6-18(23)30/h4-10,13H,11-12H2,1-3H3,(H2,31,32,33). The fraction of sp³-hybridized carbons (Fsp3) is 0.269. The molecule has 12 heteroatoms. The summed E-state index contributed by atoms with van der Waals surface area (Å²) >= 11 is 13.0. The molecule has 2 N–H and O–H groups in total. The van der Waals surface area contributed by atoms with Crippen molar-refractivity contribution >= 4 is 56.1 Å². The fourth-order valence-electron chi connectivity index (χ4n) is 4.52. The number of carbonyl (C=O) groups is 1. The zero-order valence-corrected chi connectivity index (χ0v) is 22.9. The third-order valence-corrected chi connectivity index (χ3v) is 8.29. The van der Waals surface area contributed by atoms with Crippen LogP contribution in [-0.4, -0.2) is 29.8 Å². The molecule has 200 valence electrons. The lowest BCUT2D eigenvalue weighted by Crippen LogP contribution is -2.35. The summed E-state index contributed by atoms with van der Waals surface area (Å²) in [6.45, 7) is 5.50. The Kier molecular flexibility index (Phi) is 7.53. The highest BCUT2D eigenvalue weighted by atomic mass is 35.5. The van der Waals surface area contributed by atoms with Crippen molar-refractivity contribution in [3.8, 4) is 0 Å². The van der Waals surface area contributed by atoms with E-state index in [1.807, 2.05) is 13.8 Å². The summed E-state index contributed by atoms with van der Waals surface area (Å²) in [6.07, 6.45) is 1.75. The second kappa shape index (κ2) is 10.2. The Bertz CT molecular complexity index is 1580. The molecule has 0 saturated heterocycles. The molecule has 7 nitrogen and oxygen atoms in total. The summed E-state index contributed by atoms with van der Waals surface area (Å²) < 4.78 is 60.8. The number of carbonyl (C=O) groups excluding carboxylic acids is 1. The maximum Gasteiger partial charge on any atom is 0.220 e. The van der Waals surface area contributed by atoms with Crippen molar-refractivity contribution in [2.75, 3.05) is 5.73 Å². The van der Waals surface area contributed by atoms with Crippen LogP contribution in [0.25, 0.3) is 11.3 Å². The van der Waals surface area contributed by atoms with E-state index in [2.05, 4.69) is 9.97 Å². The Balaban J connectivity index is 1.90. The Hall–Kier alpha value is -3.08. The van der Waals surface area contributed by atoms with E-state index in [-0.39, 0.29) is 50.1 Å². The van der Waals surface area contributed by atoms with Crippen molar-refractivity contribution in [3.63, 3.8) is 0 Å². The normalized spacial score (nSPS) is 17.8. The van der Waals surface area contributed by atoms with Crippen LogP contribution < -0.4 is 5.73 Å². The van der Waals surface area contributed by atoms with Crippen LogP contribution in [0.1, 0.15) is 44.0 Å². The van der Waals surface area contributed by atoms with Crippen LogP contribution in [0.2, 0.25) is 10.0 Å². The number of nitrogen functional groups attached to an aromatic ring is 1. The number of aromatic nitrogens is 2. The highest BCUT2D eigenvalue weighted by Crippen LogP contribution is 2.46. The van der Waals surface area contributed by atoms with Gasteiger partial charge in [0.2, 0.25) is 11.7 Å². The lowest BCUT2D eigenvalue weighted by Gasteiger charge is -2.25. The summed E-state index contributed by atoms with van der Waals surface area (Å²) in [6, 6.07) is 6.91. The van der Waals surface area contributed by atoms with Gasteiger partial charge in [-0.15, -0.1) is 0 Å². The predicted molar refractivity (Wildman–Crippen MR) is 141 cm³/mol. The molecule has 4 rings (SSSR count). The van der Waals surface area contributed by atoms with Gasteiger partial charge in [0.15, 0.2) is 21.2 Å². The average Bonchev–Trinajstić information content (AvgIpc) is 3.05. The molecule has 0 fully saturated rings. The first-order chi connectivity index (χ1) is 17.7. The van der Waals surface area contributed by atoms with Crippen LogP contribution in [0.4, 0.5) is 14.7 Å². The van der Waals surface area contributed by atoms with Crippen LogP contribution in [0.3, 0.4) is 0 Å². The number of halogens is 4. The Morgan fingerprint density at radius 2 is 1.79 bits per heavy atom. The number of ether oxygens (including phenoxy) is 1. The van der Waals surface area contributed by atoms with Crippen molar-refractivity contribution in [2.24, 2.45) is 5.92 Å². The predicted octanol–water partition coefficient (Wildman–Crippen LogP) is 5.89. The van der Waals surface area contributed by atoms with E-state index >= 15 is 0 Å². The van der Waals surface area contributed by atoms with Gasteiger partial charge in [-0.3, -0.25) is 4.79 Å². The molecule has 2 aromatic carbocycles. The quantitative estimate of drug-likeness (QED) is 0.370. The van der Waals surface area contributed by atoms with E-state index in [1.165, 1.54) is 24.4 Å². The molecule has 0 spiro atoms. The van der Waals surface area contributed by atoms with Gasteiger partial charge < -0.3 is 10.5 Å². The summed E-state index contributed by atoms with van der Waals surface area (Å²) in [5.74, 6) is -3.68. The Morgan fingerprint density at radius 3 is 2.39 bits per heavy atom. The van der Waals surface area contributed by atoms with Gasteiger partial charge in [0.1, 0.15) is 22.2 Å². The molecule has 0 saturated carbocycles. The zero-order valence-electron chi connectivity index (χ0n) is 20.6. The van der Waals surface area contributed by atoms with Gasteiger partial charge in [-0.2, -0.15) is 0 Å². The first kappa shape index (κ1) is 27.9. The molecule has 1 aliphatic heterocycles. The number of hydrogen-bond acceptors (Lipinski definition) is 7. The molecule has 0 aliphatic carbocycles. The second-order valence-electron chi connectivity index (χ2n) is 9.50. The molecular weight excluding hydrogens is 559 g/mol. The summed E-state index contributed by atoms with van der Waals surface area (Å²) in [4.78, 5) is 20.8. The van der Waals surface area contributed by atoms with Gasteiger partial charge in [0.05, 0.1) is 16.3 Å². The number of nitrogens with two attached hydrogens (primary N) is 1. The largest absolute Gasteiger partial charge is 0.476 e. The minimum Gasteiger partial charge on any atom is -0.476 e. The van der Waals surface area contributed by atoms with Gasteiger partial charge in [-0.25, -0.2) is 27.2 Å². The first-order valence-electron chi connectivity index (χ1n) is 11.5. The molecular formula is C26H23Cl2F2N3O4S. The van der Waals surface area contributed by atoms with Gasteiger partial charge in [-0.1, -0.05) is 43.1 Å². The van der Waals surface area contributed by atoms with E-state index in [4.69, 9.17) is 33.7 Å². The van der Waals surface area contributed by atoms with Crippen molar-refractivity contribution in [3.05, 3.63) is 81.1 Å². The van der Waals surface area contributed by atoms with E-state index < -0.39 is 43.5 Å². The van der Waals surface area contributed by atoms with Crippen molar-refractivity contribution < 1.29 is 26.7 Å². The number of nitrogens with zero attached hydrogens (tertiary/aromatic N) is 2. The number of sulfone groups is 1. The van der Waals surface area contributed by atoms with Crippen LogP contribution in [0.5, 0.6) is 0 Å². The topological polar surface area (TPSA) is 112 Å². The zero-order chi connectivity index (χ0) is 28.0. The maximum atomic E-state index is 14.3. The van der Waals surface area contributed by atoms with E-state index in [1.54, 1.807) is 6.92 Å². The highest BCUT2D eigenvalue weighted by Gasteiger charge is 2.48. The van der Waals surface area contributed by atoms with E-state index in [9.17, 15) is 22.0 Å². The molecule has 2 heterocycles. The van der Waals surface area contributed by atoms with Crippen LogP contribution in [-0.2, 0) is 25.1 Å². The van der Waals surface area contributed by atoms with E-state index in [0.717, 1.165) is 18.2 Å². The molecule has 1 aliphatic rings. The molecule has 1 atom stereocenters. The minimum atomic E-state index is -4.54. The molecule has 3 aromatic rings. The molecule has 0 radical (unpaired) electrons. The molecule has 0 bridgehead atoms. The van der Waals surface area contributed by atoms with Gasteiger partial charge in [0, 0.05) is 16.8 Å². The number of benzene rings is 2. The van der Waals surface area contributed by atoms with Crippen molar-refractivity contribution in [1.29, 1.82) is 0 Å². The summed E-state index contributed by atoms with van der Waals surface area (Å²) in [7, 11) is -4.54. The number of Topliss-reactive ketones (excluding diaryl/α,β-unsaturated/α-hetero) is 1. The molecule has 1 unspecified atom stereocenters. The third-order valence-electron chi connectivity index (χ3n) is 5.92. The summed E-state index contributed by atoms with van der Waals surface area (Å²) in [5, 5.41) is -0.0992. The average molecular weight is 582 g/mol. The second-order valence-corrected chi connectivity index (χ2v) is 12.2. The third kappa shape index (κ3) is 5.25. The molecule has 38 heavy (non-hydrogen) atoms. The van der Waals surface area contributed by atoms with Gasteiger partial charge in [0.25, 0.3) is 0 Å².